The SMILES string of the molecule is CCN(c1ccccc1C)S(=O)(=O)CCNC(C)C. The van der Waals surface area contributed by atoms with E-state index in [0.29, 0.717) is 19.1 Å². The number of nitrogens with zero attached hydrogens (tertiary/aromatic N) is 1. The topological polar surface area (TPSA) is 49.4 Å². The Balaban J connectivity index is 2.87. The van der Waals surface area contributed by atoms with Crippen LogP contribution in [0.1, 0.15) is 26.3 Å². The molecule has 1 aromatic rings. The van der Waals surface area contributed by atoms with Gasteiger partial charge < -0.3 is 5.32 Å². The second-order valence-corrected chi connectivity index (χ2v) is 6.89. The van der Waals surface area contributed by atoms with Crippen molar-refractivity contribution in [2.24, 2.45) is 0 Å². The van der Waals surface area contributed by atoms with Gasteiger partial charge in [-0.15, -0.1) is 0 Å². The molecule has 0 aliphatic rings. The van der Waals surface area contributed by atoms with Crippen molar-refractivity contribution in [2.75, 3.05) is 23.1 Å². The van der Waals surface area contributed by atoms with E-state index in [1.54, 1.807) is 0 Å². The smallest absolute Gasteiger partial charge is 0.236 e. The van der Waals surface area contributed by atoms with Gasteiger partial charge in [-0.3, -0.25) is 4.31 Å². The second-order valence-electron chi connectivity index (χ2n) is 4.88. The number of anilines is 1. The van der Waals surface area contributed by atoms with E-state index >= 15 is 0 Å². The molecule has 0 bridgehead atoms. The van der Waals surface area contributed by atoms with Crippen LogP contribution in [0.4, 0.5) is 5.69 Å². The van der Waals surface area contributed by atoms with E-state index < -0.39 is 10.0 Å². The summed E-state index contributed by atoms with van der Waals surface area (Å²) in [5, 5.41) is 3.14. The molecule has 0 fully saturated rings. The highest BCUT2D eigenvalue weighted by Gasteiger charge is 2.21. The van der Waals surface area contributed by atoms with Crippen molar-refractivity contribution in [3.63, 3.8) is 0 Å². The van der Waals surface area contributed by atoms with Crippen LogP contribution in [0.15, 0.2) is 24.3 Å². The molecule has 0 unspecified atom stereocenters. The monoisotopic (exact) mass is 284 g/mol. The molecular weight excluding hydrogens is 260 g/mol. The molecule has 0 amide bonds. The Morgan fingerprint density at radius 3 is 2.42 bits per heavy atom. The zero-order valence-corrected chi connectivity index (χ0v) is 13.0. The molecule has 5 heteroatoms. The molecule has 0 aliphatic carbocycles. The van der Waals surface area contributed by atoms with Gasteiger partial charge in [-0.25, -0.2) is 8.42 Å². The quantitative estimate of drug-likeness (QED) is 0.834. The summed E-state index contributed by atoms with van der Waals surface area (Å²) in [6.07, 6.45) is 0. The van der Waals surface area contributed by atoms with Crippen LogP contribution in [0.5, 0.6) is 0 Å². The van der Waals surface area contributed by atoms with Crippen LogP contribution < -0.4 is 9.62 Å². The maximum Gasteiger partial charge on any atom is 0.236 e. The molecule has 1 rings (SSSR count). The summed E-state index contributed by atoms with van der Waals surface area (Å²) in [6.45, 7) is 8.73. The van der Waals surface area contributed by atoms with E-state index in [1.165, 1.54) is 4.31 Å². The highest BCUT2D eigenvalue weighted by Crippen LogP contribution is 2.22. The summed E-state index contributed by atoms with van der Waals surface area (Å²) in [6, 6.07) is 7.86. The average Bonchev–Trinajstić information content (AvgIpc) is 2.31. The number of para-hydroxylation sites is 1. The van der Waals surface area contributed by atoms with Crippen LogP contribution in [-0.2, 0) is 10.0 Å². The van der Waals surface area contributed by atoms with Crippen LogP contribution >= 0.6 is 0 Å². The molecular formula is C14H24N2O2S. The largest absolute Gasteiger partial charge is 0.313 e. The van der Waals surface area contributed by atoms with Gasteiger partial charge in [0.1, 0.15) is 0 Å². The average molecular weight is 284 g/mol. The minimum atomic E-state index is -3.27. The number of hydrogen-bond donors (Lipinski definition) is 1. The summed E-state index contributed by atoms with van der Waals surface area (Å²) in [5.74, 6) is 0.118. The summed E-state index contributed by atoms with van der Waals surface area (Å²) >= 11 is 0. The molecule has 0 aromatic heterocycles. The van der Waals surface area contributed by atoms with Crippen LogP contribution in [0, 0.1) is 6.92 Å². The Kier molecular flexibility index (Phi) is 5.82. The van der Waals surface area contributed by atoms with Crippen molar-refractivity contribution in [3.8, 4) is 0 Å². The summed E-state index contributed by atoms with van der Waals surface area (Å²) < 4.78 is 26.3. The van der Waals surface area contributed by atoms with Gasteiger partial charge in [0.05, 0.1) is 11.4 Å². The normalized spacial score (nSPS) is 11.8. The highest BCUT2D eigenvalue weighted by molar-refractivity contribution is 7.92. The number of aryl methyl sites for hydroxylation is 1. The zero-order valence-electron chi connectivity index (χ0n) is 12.2. The highest BCUT2D eigenvalue weighted by atomic mass is 32.2. The molecule has 19 heavy (non-hydrogen) atoms. The third kappa shape index (κ3) is 4.51. The van der Waals surface area contributed by atoms with Crippen molar-refractivity contribution >= 4 is 15.7 Å². The first-order valence-electron chi connectivity index (χ1n) is 6.68. The lowest BCUT2D eigenvalue weighted by Crippen LogP contribution is -2.38. The number of nitrogens with one attached hydrogen (secondary N) is 1. The van der Waals surface area contributed by atoms with Gasteiger partial charge in [-0.2, -0.15) is 0 Å². The van der Waals surface area contributed by atoms with Gasteiger partial charge in [0, 0.05) is 19.1 Å². The van der Waals surface area contributed by atoms with Crippen LogP contribution in [0.3, 0.4) is 0 Å². The first-order valence-corrected chi connectivity index (χ1v) is 8.28. The van der Waals surface area contributed by atoms with E-state index in [1.807, 2.05) is 52.0 Å². The third-order valence-corrected chi connectivity index (χ3v) is 4.77. The van der Waals surface area contributed by atoms with Gasteiger partial charge in [0.25, 0.3) is 0 Å². The predicted molar refractivity (Wildman–Crippen MR) is 81.1 cm³/mol. The van der Waals surface area contributed by atoms with Crippen molar-refractivity contribution in [3.05, 3.63) is 29.8 Å². The van der Waals surface area contributed by atoms with Gasteiger partial charge in [0.2, 0.25) is 10.0 Å². The molecule has 108 valence electrons. The number of sulfonamides is 1. The molecule has 0 atom stereocenters. The molecule has 1 aromatic carbocycles. The third-order valence-electron chi connectivity index (χ3n) is 2.92. The Hall–Kier alpha value is -1.07. The van der Waals surface area contributed by atoms with Crippen molar-refractivity contribution in [1.82, 2.24) is 5.32 Å². The Bertz CT molecular complexity index is 498. The van der Waals surface area contributed by atoms with Crippen LogP contribution in [0.25, 0.3) is 0 Å². The molecule has 0 radical (unpaired) electrons. The lowest BCUT2D eigenvalue weighted by molar-refractivity contribution is 0.575. The molecule has 0 aliphatic heterocycles. The fourth-order valence-corrected chi connectivity index (χ4v) is 3.44. The lowest BCUT2D eigenvalue weighted by Gasteiger charge is -2.24. The Morgan fingerprint density at radius 1 is 1.26 bits per heavy atom. The molecule has 0 heterocycles. The van der Waals surface area contributed by atoms with Gasteiger partial charge in [-0.1, -0.05) is 32.0 Å². The zero-order chi connectivity index (χ0) is 14.5. The first-order chi connectivity index (χ1) is 8.88. The van der Waals surface area contributed by atoms with E-state index in [4.69, 9.17) is 0 Å². The van der Waals surface area contributed by atoms with E-state index in [-0.39, 0.29) is 5.75 Å². The fourth-order valence-electron chi connectivity index (χ4n) is 1.95. The standard InChI is InChI=1S/C14H24N2O2S/c1-5-16(14-9-7-6-8-13(14)4)19(17,18)11-10-15-12(2)3/h6-9,12,15H,5,10-11H2,1-4H3. The maximum absolute atomic E-state index is 12.4. The molecule has 0 spiro atoms. The van der Waals surface area contributed by atoms with Gasteiger partial charge >= 0.3 is 0 Å². The first kappa shape index (κ1) is 16.0. The van der Waals surface area contributed by atoms with E-state index in [2.05, 4.69) is 5.32 Å². The number of rotatable bonds is 7. The van der Waals surface area contributed by atoms with Crippen molar-refractivity contribution in [1.29, 1.82) is 0 Å². The Labute approximate surface area is 116 Å². The van der Waals surface area contributed by atoms with Crippen LogP contribution in [0.2, 0.25) is 0 Å². The summed E-state index contributed by atoms with van der Waals surface area (Å²) in [4.78, 5) is 0. The molecule has 0 saturated heterocycles. The van der Waals surface area contributed by atoms with Crippen molar-refractivity contribution in [2.45, 2.75) is 33.7 Å². The molecule has 0 saturated carbocycles. The molecule has 4 nitrogen and oxygen atoms in total. The predicted octanol–water partition coefficient (Wildman–Crippen LogP) is 2.15. The second kappa shape index (κ2) is 6.91. The van der Waals surface area contributed by atoms with Gasteiger partial charge in [-0.05, 0) is 25.5 Å². The number of hydrogen-bond acceptors (Lipinski definition) is 3. The fraction of sp³-hybridized carbons (Fsp3) is 0.571. The van der Waals surface area contributed by atoms with Crippen LogP contribution in [-0.4, -0.2) is 33.3 Å². The van der Waals surface area contributed by atoms with Crippen molar-refractivity contribution < 1.29 is 8.42 Å². The minimum Gasteiger partial charge on any atom is -0.313 e. The number of benzene rings is 1. The molecule has 1 N–H and O–H groups in total. The maximum atomic E-state index is 12.4. The van der Waals surface area contributed by atoms with E-state index in [0.717, 1.165) is 11.3 Å². The Morgan fingerprint density at radius 2 is 1.89 bits per heavy atom. The van der Waals surface area contributed by atoms with E-state index in [9.17, 15) is 8.42 Å². The summed E-state index contributed by atoms with van der Waals surface area (Å²) in [7, 11) is -3.27. The minimum absolute atomic E-state index is 0.118. The van der Waals surface area contributed by atoms with Gasteiger partial charge in [0.15, 0.2) is 0 Å². The summed E-state index contributed by atoms with van der Waals surface area (Å²) in [5.41, 5.74) is 1.75. The lowest BCUT2D eigenvalue weighted by atomic mass is 10.2.